The maximum Gasteiger partial charge on any atom is 0.242 e. The molecule has 0 bridgehead atoms. The zero-order valence-electron chi connectivity index (χ0n) is 13.6. The van der Waals surface area contributed by atoms with Gasteiger partial charge in [-0.25, -0.2) is 22.8 Å². The molecule has 0 radical (unpaired) electrons. The van der Waals surface area contributed by atoms with Crippen molar-refractivity contribution in [3.8, 4) is 5.69 Å². The van der Waals surface area contributed by atoms with Crippen LogP contribution in [-0.4, -0.2) is 23.2 Å². The van der Waals surface area contributed by atoms with E-state index in [1.54, 1.807) is 17.1 Å². The van der Waals surface area contributed by atoms with Gasteiger partial charge in [-0.15, -0.1) is 11.3 Å². The second-order valence-electron chi connectivity index (χ2n) is 5.55. The Morgan fingerprint density at radius 1 is 1.21 bits per heavy atom. The Labute approximate surface area is 145 Å². The normalized spacial score (nSPS) is 13.1. The third-order valence-corrected chi connectivity index (χ3v) is 6.46. The lowest BCUT2D eigenvalue weighted by atomic mass is 10.1. The highest BCUT2D eigenvalue weighted by molar-refractivity contribution is 7.89. The summed E-state index contributed by atoms with van der Waals surface area (Å²) in [6.45, 7) is 5.56. The summed E-state index contributed by atoms with van der Waals surface area (Å²) in [7, 11) is -3.54. The van der Waals surface area contributed by atoms with Crippen LogP contribution in [0.2, 0.25) is 0 Å². The fourth-order valence-electron chi connectivity index (χ4n) is 2.50. The third-order valence-electron chi connectivity index (χ3n) is 3.69. The highest BCUT2D eigenvalue weighted by atomic mass is 32.2. The number of aromatic nitrogens is 3. The highest BCUT2D eigenvalue weighted by Crippen LogP contribution is 2.26. The second-order valence-corrected chi connectivity index (χ2v) is 8.69. The van der Waals surface area contributed by atoms with Gasteiger partial charge in [0.1, 0.15) is 12.7 Å². The molecule has 0 aliphatic rings. The molecule has 1 aromatic carbocycles. The largest absolute Gasteiger partial charge is 0.242 e. The number of nitrogens with zero attached hydrogens (tertiary/aromatic N) is 3. The van der Waals surface area contributed by atoms with Crippen molar-refractivity contribution in [3.63, 3.8) is 0 Å². The zero-order valence-corrected chi connectivity index (χ0v) is 15.2. The fourth-order valence-corrected chi connectivity index (χ4v) is 5.28. The molecule has 2 aromatic heterocycles. The van der Waals surface area contributed by atoms with Gasteiger partial charge in [0.15, 0.2) is 0 Å². The lowest BCUT2D eigenvalue weighted by Crippen LogP contribution is -2.27. The molecule has 0 saturated heterocycles. The van der Waals surface area contributed by atoms with E-state index in [0.29, 0.717) is 4.90 Å². The second kappa shape index (κ2) is 6.46. The molecule has 1 N–H and O–H groups in total. The average Bonchev–Trinajstić information content (AvgIpc) is 3.17. The SMILES string of the molecule is Cc1cc(S(=O)(=O)NC(C)c2ccc(-n3cncn3)cc2)c(C)s1. The number of hydrogen-bond donors (Lipinski definition) is 1. The van der Waals surface area contributed by atoms with E-state index in [1.165, 1.54) is 17.7 Å². The first-order chi connectivity index (χ1) is 11.4. The van der Waals surface area contributed by atoms with Crippen LogP contribution in [0.3, 0.4) is 0 Å². The van der Waals surface area contributed by atoms with E-state index in [-0.39, 0.29) is 6.04 Å². The summed E-state index contributed by atoms with van der Waals surface area (Å²) in [5, 5.41) is 4.07. The monoisotopic (exact) mass is 362 g/mol. The number of rotatable bonds is 5. The average molecular weight is 362 g/mol. The summed E-state index contributed by atoms with van der Waals surface area (Å²) >= 11 is 1.48. The summed E-state index contributed by atoms with van der Waals surface area (Å²) in [5.41, 5.74) is 1.75. The smallest absolute Gasteiger partial charge is 0.223 e. The molecular formula is C16H18N4O2S2. The topological polar surface area (TPSA) is 76.9 Å². The van der Waals surface area contributed by atoms with Gasteiger partial charge in [0.05, 0.1) is 10.6 Å². The van der Waals surface area contributed by atoms with Gasteiger partial charge in [0.25, 0.3) is 0 Å². The molecular weight excluding hydrogens is 344 g/mol. The van der Waals surface area contributed by atoms with Crippen molar-refractivity contribution in [2.24, 2.45) is 0 Å². The van der Waals surface area contributed by atoms with Gasteiger partial charge in [0, 0.05) is 15.8 Å². The Kier molecular flexibility index (Phi) is 4.53. The van der Waals surface area contributed by atoms with Gasteiger partial charge in [0.2, 0.25) is 10.0 Å². The minimum Gasteiger partial charge on any atom is -0.223 e. The Morgan fingerprint density at radius 2 is 1.92 bits per heavy atom. The van der Waals surface area contributed by atoms with Crippen molar-refractivity contribution < 1.29 is 8.42 Å². The van der Waals surface area contributed by atoms with E-state index in [4.69, 9.17) is 0 Å². The Hall–Kier alpha value is -2.03. The van der Waals surface area contributed by atoms with Crippen LogP contribution in [0.15, 0.2) is 47.9 Å². The van der Waals surface area contributed by atoms with Crippen molar-refractivity contribution >= 4 is 21.4 Å². The molecule has 1 atom stereocenters. The van der Waals surface area contributed by atoms with Crippen LogP contribution in [0, 0.1) is 13.8 Å². The molecule has 126 valence electrons. The van der Waals surface area contributed by atoms with Crippen molar-refractivity contribution in [3.05, 3.63) is 58.3 Å². The first kappa shape index (κ1) is 16.8. The third kappa shape index (κ3) is 3.40. The number of hydrogen-bond acceptors (Lipinski definition) is 5. The Balaban J connectivity index is 1.79. The summed E-state index contributed by atoms with van der Waals surface area (Å²) in [5.74, 6) is 0. The first-order valence-electron chi connectivity index (χ1n) is 7.41. The fraction of sp³-hybridized carbons (Fsp3) is 0.250. The van der Waals surface area contributed by atoms with Crippen LogP contribution in [-0.2, 0) is 10.0 Å². The van der Waals surface area contributed by atoms with E-state index in [1.807, 2.05) is 45.0 Å². The van der Waals surface area contributed by atoms with Crippen molar-refractivity contribution in [2.75, 3.05) is 0 Å². The first-order valence-corrected chi connectivity index (χ1v) is 9.71. The van der Waals surface area contributed by atoms with Gasteiger partial charge < -0.3 is 0 Å². The van der Waals surface area contributed by atoms with Crippen LogP contribution < -0.4 is 4.72 Å². The molecule has 3 aromatic rings. The molecule has 2 heterocycles. The molecule has 0 saturated carbocycles. The predicted octanol–water partition coefficient (Wildman–Crippen LogP) is 2.99. The molecule has 6 nitrogen and oxygen atoms in total. The van der Waals surface area contributed by atoms with E-state index < -0.39 is 10.0 Å². The van der Waals surface area contributed by atoms with Crippen LogP contribution in [0.25, 0.3) is 5.69 Å². The summed E-state index contributed by atoms with van der Waals surface area (Å²) < 4.78 is 29.5. The van der Waals surface area contributed by atoms with Crippen LogP contribution in [0.1, 0.15) is 28.3 Å². The zero-order chi connectivity index (χ0) is 17.3. The maximum atomic E-state index is 12.6. The lowest BCUT2D eigenvalue weighted by Gasteiger charge is -2.15. The minimum atomic E-state index is -3.54. The summed E-state index contributed by atoms with van der Waals surface area (Å²) in [6.07, 6.45) is 3.08. The number of aryl methyl sites for hydroxylation is 2. The van der Waals surface area contributed by atoms with E-state index in [9.17, 15) is 8.42 Å². The molecule has 3 rings (SSSR count). The molecule has 0 amide bonds. The molecule has 0 aliphatic carbocycles. The van der Waals surface area contributed by atoms with E-state index in [2.05, 4.69) is 14.8 Å². The quantitative estimate of drug-likeness (QED) is 0.757. The number of sulfonamides is 1. The number of thiophene rings is 1. The van der Waals surface area contributed by atoms with Crippen LogP contribution in [0.4, 0.5) is 0 Å². The Bertz CT molecular complexity index is 929. The van der Waals surface area contributed by atoms with E-state index >= 15 is 0 Å². The minimum absolute atomic E-state index is 0.334. The molecule has 0 fully saturated rings. The van der Waals surface area contributed by atoms with Crippen LogP contribution in [0.5, 0.6) is 0 Å². The lowest BCUT2D eigenvalue weighted by molar-refractivity contribution is 0.567. The summed E-state index contributed by atoms with van der Waals surface area (Å²) in [6, 6.07) is 8.91. The molecule has 0 spiro atoms. The standard InChI is InChI=1S/C16H18N4O2S2/c1-11-8-16(13(3)23-11)24(21,22)19-12(2)14-4-6-15(7-5-14)20-10-17-9-18-20/h4-10,12,19H,1-3H3. The van der Waals surface area contributed by atoms with Gasteiger partial charge in [-0.2, -0.15) is 5.10 Å². The van der Waals surface area contributed by atoms with Crippen molar-refractivity contribution in [1.82, 2.24) is 19.5 Å². The van der Waals surface area contributed by atoms with Gasteiger partial charge in [-0.3, -0.25) is 0 Å². The maximum absolute atomic E-state index is 12.6. The molecule has 1 unspecified atom stereocenters. The summed E-state index contributed by atoms with van der Waals surface area (Å²) in [4.78, 5) is 6.05. The number of benzene rings is 1. The van der Waals surface area contributed by atoms with Gasteiger partial charge in [-0.1, -0.05) is 12.1 Å². The van der Waals surface area contributed by atoms with Gasteiger partial charge >= 0.3 is 0 Å². The predicted molar refractivity (Wildman–Crippen MR) is 93.9 cm³/mol. The Morgan fingerprint density at radius 3 is 2.46 bits per heavy atom. The highest BCUT2D eigenvalue weighted by Gasteiger charge is 2.22. The van der Waals surface area contributed by atoms with Gasteiger partial charge in [-0.05, 0) is 44.5 Å². The molecule has 8 heteroatoms. The number of nitrogens with one attached hydrogen (secondary N) is 1. The van der Waals surface area contributed by atoms with Crippen molar-refractivity contribution in [2.45, 2.75) is 31.7 Å². The van der Waals surface area contributed by atoms with Crippen molar-refractivity contribution in [1.29, 1.82) is 0 Å². The van der Waals surface area contributed by atoms with Crippen LogP contribution >= 0.6 is 11.3 Å². The molecule has 24 heavy (non-hydrogen) atoms. The van der Waals surface area contributed by atoms with E-state index in [0.717, 1.165) is 21.0 Å². The molecule has 0 aliphatic heterocycles.